The van der Waals surface area contributed by atoms with Gasteiger partial charge in [-0.05, 0) is 12.8 Å². The Morgan fingerprint density at radius 2 is 2.00 bits per heavy atom. The number of aliphatic carboxylic acids is 1. The summed E-state index contributed by atoms with van der Waals surface area (Å²) in [6, 6.07) is 0. The van der Waals surface area contributed by atoms with E-state index in [-0.39, 0.29) is 19.6 Å². The molecule has 0 saturated carbocycles. The zero-order valence-corrected chi connectivity index (χ0v) is 8.32. The molecule has 82 valence electrons. The Hall–Kier alpha value is -1.10. The number of ether oxygens (including phenoxy) is 2. The van der Waals surface area contributed by atoms with Gasteiger partial charge in [0.1, 0.15) is 0 Å². The van der Waals surface area contributed by atoms with Crippen LogP contribution in [0.3, 0.4) is 0 Å². The molecular formula is C9H16O5. The van der Waals surface area contributed by atoms with Gasteiger partial charge in [-0.3, -0.25) is 9.59 Å². The summed E-state index contributed by atoms with van der Waals surface area (Å²) >= 11 is 0. The summed E-state index contributed by atoms with van der Waals surface area (Å²) < 4.78 is 9.59. The summed E-state index contributed by atoms with van der Waals surface area (Å²) in [5.74, 6) is -1.32. The first-order valence-electron chi connectivity index (χ1n) is 4.62. The van der Waals surface area contributed by atoms with Gasteiger partial charge in [-0.15, -0.1) is 0 Å². The van der Waals surface area contributed by atoms with Gasteiger partial charge in [0.15, 0.2) is 6.79 Å². The first-order valence-corrected chi connectivity index (χ1v) is 4.62. The topological polar surface area (TPSA) is 72.8 Å². The fourth-order valence-corrected chi connectivity index (χ4v) is 0.767. The maximum atomic E-state index is 10.9. The summed E-state index contributed by atoms with van der Waals surface area (Å²) in [4.78, 5) is 21.0. The summed E-state index contributed by atoms with van der Waals surface area (Å²) in [7, 11) is 0. The number of carbonyl (C=O) groups is 2. The van der Waals surface area contributed by atoms with Crippen LogP contribution in [0.25, 0.3) is 0 Å². The second kappa shape index (κ2) is 8.50. The lowest BCUT2D eigenvalue weighted by Crippen LogP contribution is -2.09. The molecule has 0 atom stereocenters. The van der Waals surface area contributed by atoms with Crippen molar-refractivity contribution in [3.63, 3.8) is 0 Å². The highest BCUT2D eigenvalue weighted by molar-refractivity contribution is 5.71. The van der Waals surface area contributed by atoms with Crippen LogP contribution in [-0.2, 0) is 19.1 Å². The Morgan fingerprint density at radius 3 is 2.57 bits per heavy atom. The van der Waals surface area contributed by atoms with Gasteiger partial charge in [0.05, 0.1) is 6.61 Å². The fraction of sp³-hybridized carbons (Fsp3) is 0.778. The van der Waals surface area contributed by atoms with Gasteiger partial charge in [0.25, 0.3) is 0 Å². The number of esters is 1. The van der Waals surface area contributed by atoms with Crippen LogP contribution in [0.2, 0.25) is 0 Å². The molecule has 0 bridgehead atoms. The lowest BCUT2D eigenvalue weighted by Gasteiger charge is -2.03. The van der Waals surface area contributed by atoms with Gasteiger partial charge >= 0.3 is 11.9 Å². The maximum Gasteiger partial charge on any atom is 0.307 e. The minimum atomic E-state index is -0.903. The predicted octanol–water partition coefficient (Wildman–Crippen LogP) is 1.17. The molecule has 1 N–H and O–H groups in total. The first kappa shape index (κ1) is 12.9. The highest BCUT2D eigenvalue weighted by atomic mass is 16.7. The molecule has 0 saturated heterocycles. The van der Waals surface area contributed by atoms with Gasteiger partial charge < -0.3 is 14.6 Å². The second-order valence-corrected chi connectivity index (χ2v) is 2.79. The van der Waals surface area contributed by atoms with Crippen molar-refractivity contribution < 1.29 is 24.2 Å². The Kier molecular flexibility index (Phi) is 7.83. The van der Waals surface area contributed by atoms with Gasteiger partial charge in [-0.2, -0.15) is 0 Å². The van der Waals surface area contributed by atoms with Gasteiger partial charge in [-0.1, -0.05) is 6.92 Å². The second-order valence-electron chi connectivity index (χ2n) is 2.79. The van der Waals surface area contributed by atoms with Crippen LogP contribution in [-0.4, -0.2) is 30.4 Å². The molecule has 14 heavy (non-hydrogen) atoms. The average molecular weight is 204 g/mol. The van der Waals surface area contributed by atoms with Gasteiger partial charge in [0, 0.05) is 12.8 Å². The molecule has 5 nitrogen and oxygen atoms in total. The number of carbonyl (C=O) groups excluding carboxylic acids is 1. The van der Waals surface area contributed by atoms with Crippen molar-refractivity contribution in [2.24, 2.45) is 0 Å². The number of carboxylic acid groups (broad SMARTS) is 1. The van der Waals surface area contributed by atoms with Gasteiger partial charge in [-0.25, -0.2) is 0 Å². The van der Waals surface area contributed by atoms with Crippen molar-refractivity contribution in [2.75, 3.05) is 13.4 Å². The van der Waals surface area contributed by atoms with E-state index in [0.29, 0.717) is 13.0 Å². The third-order valence-electron chi connectivity index (χ3n) is 1.42. The van der Waals surface area contributed by atoms with E-state index in [1.165, 1.54) is 0 Å². The van der Waals surface area contributed by atoms with E-state index >= 15 is 0 Å². The largest absolute Gasteiger partial charge is 0.481 e. The first-order chi connectivity index (χ1) is 6.66. The van der Waals surface area contributed by atoms with Crippen molar-refractivity contribution in [2.45, 2.75) is 32.6 Å². The fourth-order valence-electron chi connectivity index (χ4n) is 0.767. The van der Waals surface area contributed by atoms with Crippen molar-refractivity contribution >= 4 is 11.9 Å². The zero-order valence-electron chi connectivity index (χ0n) is 8.32. The highest BCUT2D eigenvalue weighted by Crippen LogP contribution is 1.97. The average Bonchev–Trinajstić information content (AvgIpc) is 2.12. The molecule has 0 aliphatic heterocycles. The Labute approximate surface area is 83.0 Å². The Balaban J connectivity index is 3.24. The minimum Gasteiger partial charge on any atom is -0.481 e. The predicted molar refractivity (Wildman–Crippen MR) is 48.7 cm³/mol. The van der Waals surface area contributed by atoms with E-state index in [1.807, 2.05) is 6.92 Å². The van der Waals surface area contributed by atoms with Crippen LogP contribution in [0.15, 0.2) is 0 Å². The van der Waals surface area contributed by atoms with E-state index < -0.39 is 11.9 Å². The minimum absolute atomic E-state index is 0.00901. The number of carboxylic acids is 1. The number of hydrogen-bond acceptors (Lipinski definition) is 4. The van der Waals surface area contributed by atoms with E-state index in [0.717, 1.165) is 6.42 Å². The summed E-state index contributed by atoms with van der Waals surface area (Å²) in [5.41, 5.74) is 0. The number of hydrogen-bond donors (Lipinski definition) is 1. The monoisotopic (exact) mass is 204 g/mol. The smallest absolute Gasteiger partial charge is 0.307 e. The molecule has 0 aromatic heterocycles. The van der Waals surface area contributed by atoms with E-state index in [4.69, 9.17) is 9.84 Å². The molecule has 0 rings (SSSR count). The Bertz CT molecular complexity index is 178. The maximum absolute atomic E-state index is 10.9. The lowest BCUT2D eigenvalue weighted by molar-refractivity contribution is -0.156. The normalized spacial score (nSPS) is 9.79. The van der Waals surface area contributed by atoms with Crippen LogP contribution < -0.4 is 0 Å². The molecule has 5 heteroatoms. The lowest BCUT2D eigenvalue weighted by atomic mass is 10.2. The molecule has 0 aromatic carbocycles. The van der Waals surface area contributed by atoms with Crippen LogP contribution in [0.5, 0.6) is 0 Å². The molecule has 0 unspecified atom stereocenters. The molecule has 0 amide bonds. The van der Waals surface area contributed by atoms with E-state index in [1.54, 1.807) is 0 Å². The van der Waals surface area contributed by atoms with E-state index in [9.17, 15) is 9.59 Å². The third kappa shape index (κ3) is 8.99. The summed E-state index contributed by atoms with van der Waals surface area (Å²) in [6.07, 6.45) is 1.30. The van der Waals surface area contributed by atoms with Crippen molar-refractivity contribution in [3.8, 4) is 0 Å². The van der Waals surface area contributed by atoms with Crippen LogP contribution in [0, 0.1) is 0 Å². The molecule has 0 aliphatic carbocycles. The Morgan fingerprint density at radius 1 is 1.29 bits per heavy atom. The van der Waals surface area contributed by atoms with Crippen molar-refractivity contribution in [3.05, 3.63) is 0 Å². The number of rotatable bonds is 8. The van der Waals surface area contributed by atoms with Gasteiger partial charge in [0.2, 0.25) is 0 Å². The molecule has 0 radical (unpaired) electrons. The standard InChI is InChI=1S/C9H16O5/c1-2-6-13-7-14-9(12)5-3-4-8(10)11/h2-7H2,1H3,(H,10,11). The SMILES string of the molecule is CCCOCOC(=O)CCCC(=O)O. The summed E-state index contributed by atoms with van der Waals surface area (Å²) in [6.45, 7) is 2.47. The van der Waals surface area contributed by atoms with Crippen molar-refractivity contribution in [1.82, 2.24) is 0 Å². The molecule has 0 spiro atoms. The highest BCUT2D eigenvalue weighted by Gasteiger charge is 2.04. The zero-order chi connectivity index (χ0) is 10.8. The summed E-state index contributed by atoms with van der Waals surface area (Å²) in [5, 5.41) is 8.30. The van der Waals surface area contributed by atoms with Crippen molar-refractivity contribution in [1.29, 1.82) is 0 Å². The van der Waals surface area contributed by atoms with Crippen LogP contribution in [0.4, 0.5) is 0 Å². The molecule has 0 fully saturated rings. The molecule has 0 aliphatic rings. The molecule has 0 heterocycles. The van der Waals surface area contributed by atoms with E-state index in [2.05, 4.69) is 4.74 Å². The van der Waals surface area contributed by atoms with Crippen LogP contribution >= 0.6 is 0 Å². The molecular weight excluding hydrogens is 188 g/mol. The van der Waals surface area contributed by atoms with Crippen LogP contribution in [0.1, 0.15) is 32.6 Å². The third-order valence-corrected chi connectivity index (χ3v) is 1.42. The molecule has 0 aromatic rings. The quantitative estimate of drug-likeness (QED) is 0.365.